The van der Waals surface area contributed by atoms with Gasteiger partial charge in [-0.3, -0.25) is 4.79 Å². The monoisotopic (exact) mass is 248 g/mol. The number of fused-ring (bicyclic) bond motifs is 1. The van der Waals surface area contributed by atoms with Crippen LogP contribution in [0.1, 0.15) is 12.3 Å². The lowest BCUT2D eigenvalue weighted by molar-refractivity contribution is -0.140. The van der Waals surface area contributed by atoms with Crippen LogP contribution in [0.3, 0.4) is 0 Å². The number of methoxy groups -OCH3 is 1. The number of esters is 1. The number of benzene rings is 1. The summed E-state index contributed by atoms with van der Waals surface area (Å²) < 4.78 is 10.0. The van der Waals surface area contributed by atoms with Gasteiger partial charge in [-0.25, -0.2) is 4.98 Å². The van der Waals surface area contributed by atoms with Crippen molar-refractivity contribution in [3.05, 3.63) is 24.1 Å². The highest BCUT2D eigenvalue weighted by atomic mass is 16.5. The quantitative estimate of drug-likeness (QED) is 0.776. The van der Waals surface area contributed by atoms with Crippen LogP contribution < -0.4 is 4.90 Å². The second-order valence-corrected chi connectivity index (χ2v) is 4.13. The third-order valence-corrected chi connectivity index (χ3v) is 2.80. The molecule has 18 heavy (non-hydrogen) atoms. The maximum absolute atomic E-state index is 11.1. The second-order valence-electron chi connectivity index (χ2n) is 4.13. The molecular weight excluding hydrogens is 232 g/mol. The van der Waals surface area contributed by atoms with Gasteiger partial charge in [-0.05, 0) is 18.2 Å². The third-order valence-electron chi connectivity index (χ3n) is 2.80. The van der Waals surface area contributed by atoms with E-state index >= 15 is 0 Å². The Labute approximate surface area is 105 Å². The molecule has 5 heteroatoms. The van der Waals surface area contributed by atoms with Crippen molar-refractivity contribution in [2.24, 2.45) is 0 Å². The molecule has 0 aliphatic heterocycles. The first kappa shape index (κ1) is 12.4. The fraction of sp³-hybridized carbons (Fsp3) is 0.385. The van der Waals surface area contributed by atoms with Crippen LogP contribution in [0.5, 0.6) is 0 Å². The van der Waals surface area contributed by atoms with E-state index in [9.17, 15) is 4.79 Å². The molecule has 2 aromatic rings. The molecule has 2 rings (SSSR count). The van der Waals surface area contributed by atoms with Crippen LogP contribution in [0.15, 0.2) is 22.6 Å². The fourth-order valence-electron chi connectivity index (χ4n) is 1.76. The maximum Gasteiger partial charge on any atom is 0.307 e. The molecule has 5 nitrogen and oxygen atoms in total. The Hall–Kier alpha value is -2.04. The van der Waals surface area contributed by atoms with Crippen molar-refractivity contribution in [1.29, 1.82) is 0 Å². The molecule has 0 aliphatic rings. The average Bonchev–Trinajstić information content (AvgIpc) is 2.74. The van der Waals surface area contributed by atoms with E-state index in [0.717, 1.165) is 16.8 Å². The maximum atomic E-state index is 11.1. The van der Waals surface area contributed by atoms with Gasteiger partial charge in [0.25, 0.3) is 0 Å². The molecule has 0 aliphatic carbocycles. The summed E-state index contributed by atoms with van der Waals surface area (Å²) in [6, 6.07) is 5.78. The zero-order chi connectivity index (χ0) is 13.1. The number of aryl methyl sites for hydroxylation is 1. The number of anilines is 1. The summed E-state index contributed by atoms with van der Waals surface area (Å²) in [6.45, 7) is 2.43. The van der Waals surface area contributed by atoms with Crippen LogP contribution in [0.2, 0.25) is 0 Å². The van der Waals surface area contributed by atoms with Gasteiger partial charge in [0.15, 0.2) is 11.5 Å². The Morgan fingerprint density at radius 1 is 1.50 bits per heavy atom. The summed E-state index contributed by atoms with van der Waals surface area (Å²) in [5.74, 6) is 0.444. The van der Waals surface area contributed by atoms with Gasteiger partial charge in [-0.15, -0.1) is 0 Å². The van der Waals surface area contributed by atoms with Gasteiger partial charge in [0, 0.05) is 26.2 Å². The molecule has 0 saturated heterocycles. The Bertz CT molecular complexity index is 562. The van der Waals surface area contributed by atoms with Crippen LogP contribution in [-0.4, -0.2) is 31.7 Å². The van der Waals surface area contributed by atoms with Crippen molar-refractivity contribution in [2.45, 2.75) is 13.3 Å². The number of hydrogen-bond donors (Lipinski definition) is 0. The average molecular weight is 248 g/mol. The number of carbonyl (C=O) groups is 1. The van der Waals surface area contributed by atoms with E-state index in [1.54, 1.807) is 0 Å². The van der Waals surface area contributed by atoms with Crippen LogP contribution in [-0.2, 0) is 9.53 Å². The van der Waals surface area contributed by atoms with Gasteiger partial charge in [0.1, 0.15) is 5.52 Å². The summed E-state index contributed by atoms with van der Waals surface area (Å²) in [5.41, 5.74) is 2.60. The molecule has 0 spiro atoms. The number of ether oxygens (including phenoxy) is 1. The lowest BCUT2D eigenvalue weighted by Gasteiger charge is -2.18. The van der Waals surface area contributed by atoms with Crippen LogP contribution in [0, 0.1) is 6.92 Å². The smallest absolute Gasteiger partial charge is 0.307 e. The largest absolute Gasteiger partial charge is 0.469 e. The highest BCUT2D eigenvalue weighted by Crippen LogP contribution is 2.21. The summed E-state index contributed by atoms with van der Waals surface area (Å²) in [7, 11) is 3.32. The molecule has 1 aromatic carbocycles. The number of aromatic nitrogens is 1. The van der Waals surface area contributed by atoms with Gasteiger partial charge in [-0.1, -0.05) is 0 Å². The highest BCUT2D eigenvalue weighted by molar-refractivity contribution is 5.78. The summed E-state index contributed by atoms with van der Waals surface area (Å²) >= 11 is 0. The van der Waals surface area contributed by atoms with E-state index in [1.807, 2.05) is 37.1 Å². The van der Waals surface area contributed by atoms with Crippen molar-refractivity contribution in [3.63, 3.8) is 0 Å². The minimum atomic E-state index is -0.208. The molecule has 0 saturated carbocycles. The normalized spacial score (nSPS) is 10.6. The Morgan fingerprint density at radius 2 is 2.28 bits per heavy atom. The van der Waals surface area contributed by atoms with E-state index in [4.69, 9.17) is 4.42 Å². The number of rotatable bonds is 4. The number of carbonyl (C=O) groups excluding carboxylic acids is 1. The van der Waals surface area contributed by atoms with Crippen LogP contribution >= 0.6 is 0 Å². The van der Waals surface area contributed by atoms with Crippen molar-refractivity contribution in [1.82, 2.24) is 4.98 Å². The van der Waals surface area contributed by atoms with Gasteiger partial charge >= 0.3 is 5.97 Å². The molecule has 0 unspecified atom stereocenters. The summed E-state index contributed by atoms with van der Waals surface area (Å²) in [4.78, 5) is 17.4. The predicted molar refractivity (Wildman–Crippen MR) is 68.6 cm³/mol. The summed E-state index contributed by atoms with van der Waals surface area (Å²) in [5, 5.41) is 0. The fourth-order valence-corrected chi connectivity index (χ4v) is 1.76. The van der Waals surface area contributed by atoms with Gasteiger partial charge in [0.2, 0.25) is 0 Å². The molecule has 1 aromatic heterocycles. The van der Waals surface area contributed by atoms with Crippen LogP contribution in [0.4, 0.5) is 5.69 Å². The molecule has 0 atom stereocenters. The number of hydrogen-bond acceptors (Lipinski definition) is 5. The molecular formula is C13H16N2O3. The Balaban J connectivity index is 2.12. The second kappa shape index (κ2) is 5.08. The minimum absolute atomic E-state index is 0.208. The van der Waals surface area contributed by atoms with E-state index in [0.29, 0.717) is 18.9 Å². The third kappa shape index (κ3) is 2.61. The number of nitrogens with zero attached hydrogens (tertiary/aromatic N) is 2. The van der Waals surface area contributed by atoms with Gasteiger partial charge in [0.05, 0.1) is 13.5 Å². The lowest BCUT2D eigenvalue weighted by atomic mass is 10.2. The van der Waals surface area contributed by atoms with E-state index in [1.165, 1.54) is 7.11 Å². The van der Waals surface area contributed by atoms with Gasteiger partial charge < -0.3 is 14.1 Å². The molecule has 0 fully saturated rings. The standard InChI is InChI=1S/C13H16N2O3/c1-9-14-11-8-10(4-5-12(11)18-9)15(2)7-6-13(16)17-3/h4-5,8H,6-7H2,1-3H3. The zero-order valence-corrected chi connectivity index (χ0v) is 10.8. The zero-order valence-electron chi connectivity index (χ0n) is 10.8. The Kier molecular flexibility index (Phi) is 3.50. The lowest BCUT2D eigenvalue weighted by Crippen LogP contribution is -2.21. The molecule has 0 radical (unpaired) electrons. The first-order valence-electron chi connectivity index (χ1n) is 5.75. The molecule has 0 bridgehead atoms. The summed E-state index contributed by atoms with van der Waals surface area (Å²) in [6.07, 6.45) is 0.364. The topological polar surface area (TPSA) is 55.6 Å². The molecule has 0 amide bonds. The van der Waals surface area contributed by atoms with E-state index in [2.05, 4.69) is 9.72 Å². The van der Waals surface area contributed by atoms with Crippen molar-refractivity contribution in [2.75, 3.05) is 25.6 Å². The molecule has 1 heterocycles. The number of oxazole rings is 1. The predicted octanol–water partition coefficient (Wildman–Crippen LogP) is 2.14. The SMILES string of the molecule is COC(=O)CCN(C)c1ccc2oc(C)nc2c1. The first-order chi connectivity index (χ1) is 8.60. The van der Waals surface area contributed by atoms with Crippen molar-refractivity contribution >= 4 is 22.8 Å². The minimum Gasteiger partial charge on any atom is -0.469 e. The van der Waals surface area contributed by atoms with Crippen LogP contribution in [0.25, 0.3) is 11.1 Å². The molecule has 96 valence electrons. The van der Waals surface area contributed by atoms with E-state index < -0.39 is 0 Å². The van der Waals surface area contributed by atoms with E-state index in [-0.39, 0.29) is 5.97 Å². The van der Waals surface area contributed by atoms with Gasteiger partial charge in [-0.2, -0.15) is 0 Å². The Morgan fingerprint density at radius 3 is 3.00 bits per heavy atom. The molecule has 0 N–H and O–H groups in total. The highest BCUT2D eigenvalue weighted by Gasteiger charge is 2.08. The van der Waals surface area contributed by atoms with Crippen molar-refractivity contribution in [3.8, 4) is 0 Å². The first-order valence-corrected chi connectivity index (χ1v) is 5.75. The van der Waals surface area contributed by atoms with Crippen molar-refractivity contribution < 1.29 is 13.9 Å².